The molecule has 0 aliphatic heterocycles. The van der Waals surface area contributed by atoms with E-state index in [0.29, 0.717) is 6.47 Å². The number of hydrogen-bond acceptors (Lipinski definition) is 2. The van der Waals surface area contributed by atoms with Crippen LogP contribution in [0.3, 0.4) is 0 Å². The number of carbonyl (C=O) groups is 1. The molecule has 0 aromatic rings. The molecule has 7 heavy (non-hydrogen) atoms. The minimum absolute atomic E-state index is 0. The maximum absolute atomic E-state index is 9.39. The van der Waals surface area contributed by atoms with Crippen LogP contribution < -0.4 is 0 Å². The fourth-order valence-corrected chi connectivity index (χ4v) is 0.111. The Balaban J connectivity index is 0. The Morgan fingerprint density at radius 1 is 1.57 bits per heavy atom. The molecule has 0 unspecified atom stereocenters. The van der Waals surface area contributed by atoms with Gasteiger partial charge in [0.2, 0.25) is 0 Å². The van der Waals surface area contributed by atoms with Crippen LogP contribution >= 0.6 is 0 Å². The first kappa shape index (κ1) is 10.1. The second kappa shape index (κ2) is 6.07. The van der Waals surface area contributed by atoms with Gasteiger partial charge in [-0.25, -0.2) is 0 Å². The molecule has 0 bridgehead atoms. The van der Waals surface area contributed by atoms with Crippen LogP contribution in [0.2, 0.25) is 0 Å². The number of carbonyl (C=O) groups excluding carboxylic acids is 1. The molecule has 0 aromatic heterocycles. The van der Waals surface area contributed by atoms with Crippen molar-refractivity contribution >= 4 is 25.3 Å². The van der Waals surface area contributed by atoms with Gasteiger partial charge < -0.3 is 4.74 Å². The average molecular weight is 96.1 g/mol. The van der Waals surface area contributed by atoms with Gasteiger partial charge in [0.1, 0.15) is 0 Å². The van der Waals surface area contributed by atoms with Crippen LogP contribution in [0.15, 0.2) is 0 Å². The fourth-order valence-electron chi connectivity index (χ4n) is 0.111. The number of rotatable bonds is 2. The van der Waals surface area contributed by atoms with Gasteiger partial charge in [0.05, 0.1) is 6.10 Å². The fraction of sp³-hybridized carbons (Fsp3) is 0.750. The Morgan fingerprint density at radius 3 is 2.00 bits per heavy atom. The molecular weight excluding hydrogens is 87.0 g/mol. The summed E-state index contributed by atoms with van der Waals surface area (Å²) in [6.45, 7) is 4.05. The van der Waals surface area contributed by atoms with Gasteiger partial charge in [-0.15, -0.1) is 0 Å². The van der Waals surface area contributed by atoms with E-state index >= 15 is 0 Å². The first-order valence-electron chi connectivity index (χ1n) is 1.86. The Labute approximate surface area is 55.4 Å². The van der Waals surface area contributed by atoms with E-state index in [2.05, 4.69) is 4.74 Å². The van der Waals surface area contributed by atoms with Crippen LogP contribution in [0.4, 0.5) is 0 Å². The van der Waals surface area contributed by atoms with Gasteiger partial charge >= 0.3 is 18.9 Å². The normalized spacial score (nSPS) is 7.29. The van der Waals surface area contributed by atoms with E-state index in [1.807, 2.05) is 0 Å². The molecule has 0 radical (unpaired) electrons. The van der Waals surface area contributed by atoms with Gasteiger partial charge in [0.15, 0.2) is 0 Å². The third-order valence-electron chi connectivity index (χ3n) is 0.328. The summed E-state index contributed by atoms with van der Waals surface area (Å²) in [7, 11) is 0. The summed E-state index contributed by atoms with van der Waals surface area (Å²) in [6.07, 6.45) is 0.0301. The molecule has 0 atom stereocenters. The van der Waals surface area contributed by atoms with Crippen LogP contribution in [-0.2, 0) is 9.53 Å². The zero-order valence-corrected chi connectivity index (χ0v) is 3.97. The van der Waals surface area contributed by atoms with Crippen molar-refractivity contribution in [2.24, 2.45) is 0 Å². The summed E-state index contributed by atoms with van der Waals surface area (Å²) in [5, 5.41) is 0. The minimum atomic E-state index is 0. The summed E-state index contributed by atoms with van der Waals surface area (Å²) < 4.78 is 4.36. The van der Waals surface area contributed by atoms with E-state index in [-0.39, 0.29) is 25.0 Å². The third-order valence-corrected chi connectivity index (χ3v) is 0.328. The van der Waals surface area contributed by atoms with Crippen LogP contribution in [0.25, 0.3) is 0 Å². The summed E-state index contributed by atoms with van der Waals surface area (Å²) in [5.74, 6) is 0. The Kier molecular flexibility index (Phi) is 8.78. The molecular formula is C4H9LiO2. The van der Waals surface area contributed by atoms with Crippen molar-refractivity contribution < 1.29 is 9.53 Å². The molecule has 0 aromatic carbocycles. The van der Waals surface area contributed by atoms with Gasteiger partial charge in [-0.1, -0.05) is 0 Å². The predicted octanol–water partition coefficient (Wildman–Crippen LogP) is -0.0807. The standard InChI is InChI=1S/C4H8O2.Li.H/c1-4(2)6-3-5;;/h3-4H,1-2H3;;. The van der Waals surface area contributed by atoms with Gasteiger partial charge in [0, 0.05) is 0 Å². The van der Waals surface area contributed by atoms with Crippen molar-refractivity contribution in [3.8, 4) is 0 Å². The van der Waals surface area contributed by atoms with Crippen LogP contribution in [0, 0.1) is 0 Å². The Morgan fingerprint density at radius 2 is 2.00 bits per heavy atom. The van der Waals surface area contributed by atoms with Crippen LogP contribution in [0.1, 0.15) is 13.8 Å². The molecule has 0 saturated heterocycles. The van der Waals surface area contributed by atoms with Crippen molar-refractivity contribution in [1.82, 2.24) is 0 Å². The van der Waals surface area contributed by atoms with E-state index < -0.39 is 0 Å². The van der Waals surface area contributed by atoms with Crippen molar-refractivity contribution in [2.45, 2.75) is 20.0 Å². The molecule has 0 spiro atoms. The van der Waals surface area contributed by atoms with Crippen molar-refractivity contribution in [3.05, 3.63) is 0 Å². The summed E-state index contributed by atoms with van der Waals surface area (Å²) in [5.41, 5.74) is 0. The molecule has 0 aliphatic carbocycles. The molecule has 0 amide bonds. The van der Waals surface area contributed by atoms with E-state index in [4.69, 9.17) is 0 Å². The third kappa shape index (κ3) is 10.7. The molecule has 3 heteroatoms. The Hall–Kier alpha value is 0.0674. The van der Waals surface area contributed by atoms with Crippen LogP contribution in [-0.4, -0.2) is 31.4 Å². The SMILES string of the molecule is CC(C)OC=O.[LiH]. The Bertz CT molecular complexity index is 45.0. The van der Waals surface area contributed by atoms with Gasteiger partial charge in [0.25, 0.3) is 6.47 Å². The maximum atomic E-state index is 9.39. The zero-order valence-electron chi connectivity index (χ0n) is 3.97. The van der Waals surface area contributed by atoms with Crippen molar-refractivity contribution in [3.63, 3.8) is 0 Å². The molecule has 0 saturated carbocycles. The first-order chi connectivity index (χ1) is 2.77. The molecule has 0 fully saturated rings. The number of ether oxygens (including phenoxy) is 1. The monoisotopic (exact) mass is 96.1 g/mol. The molecule has 0 aliphatic rings. The number of hydrogen-bond donors (Lipinski definition) is 0. The van der Waals surface area contributed by atoms with E-state index in [1.165, 1.54) is 0 Å². The van der Waals surface area contributed by atoms with Gasteiger partial charge in [-0.3, -0.25) is 4.79 Å². The summed E-state index contributed by atoms with van der Waals surface area (Å²) in [6, 6.07) is 0. The van der Waals surface area contributed by atoms with Crippen molar-refractivity contribution in [2.75, 3.05) is 0 Å². The van der Waals surface area contributed by atoms with E-state index in [0.717, 1.165) is 0 Å². The van der Waals surface area contributed by atoms with Gasteiger partial charge in [-0.2, -0.15) is 0 Å². The molecule has 0 heterocycles. The van der Waals surface area contributed by atoms with E-state index in [1.54, 1.807) is 13.8 Å². The molecule has 0 rings (SSSR count). The predicted molar refractivity (Wildman–Crippen MR) is 29.4 cm³/mol. The molecule has 0 N–H and O–H groups in total. The van der Waals surface area contributed by atoms with E-state index in [9.17, 15) is 4.79 Å². The summed E-state index contributed by atoms with van der Waals surface area (Å²) >= 11 is 0. The second-order valence-electron chi connectivity index (χ2n) is 1.28. The first-order valence-corrected chi connectivity index (χ1v) is 1.86. The second-order valence-corrected chi connectivity index (χ2v) is 1.28. The molecule has 2 nitrogen and oxygen atoms in total. The average Bonchev–Trinajstić information content (AvgIpc) is 1.35. The topological polar surface area (TPSA) is 26.3 Å². The van der Waals surface area contributed by atoms with Gasteiger partial charge in [-0.05, 0) is 13.8 Å². The van der Waals surface area contributed by atoms with Crippen LogP contribution in [0.5, 0.6) is 0 Å². The van der Waals surface area contributed by atoms with Crippen molar-refractivity contribution in [1.29, 1.82) is 0 Å². The zero-order chi connectivity index (χ0) is 4.99. The molecule has 38 valence electrons. The summed E-state index contributed by atoms with van der Waals surface area (Å²) in [4.78, 5) is 9.39. The quantitative estimate of drug-likeness (QED) is 0.355.